The molecule has 0 radical (unpaired) electrons. The fourth-order valence-corrected chi connectivity index (χ4v) is 2.23. The molecular formula is C14H22BrNO3. The minimum Gasteiger partial charge on any atom is -0.493 e. The molecule has 1 rings (SSSR count). The Labute approximate surface area is 123 Å². The third kappa shape index (κ3) is 5.38. The monoisotopic (exact) mass is 331 g/mol. The van der Waals surface area contributed by atoms with Crippen LogP contribution in [0.2, 0.25) is 0 Å². The summed E-state index contributed by atoms with van der Waals surface area (Å²) in [6.07, 6.45) is -0.265. The molecular weight excluding hydrogens is 310 g/mol. The molecule has 108 valence electrons. The van der Waals surface area contributed by atoms with Crippen LogP contribution in [-0.4, -0.2) is 31.0 Å². The average Bonchev–Trinajstić information content (AvgIpc) is 2.31. The summed E-state index contributed by atoms with van der Waals surface area (Å²) in [6.45, 7) is 6.93. The fraction of sp³-hybridized carbons (Fsp3) is 0.571. The summed E-state index contributed by atoms with van der Waals surface area (Å²) in [7, 11) is 1.63. The van der Waals surface area contributed by atoms with Gasteiger partial charge >= 0.3 is 0 Å². The SMILES string of the molecule is COc1cc(CNC[C@@H](C)O)cc(Br)c1OC(C)C. The van der Waals surface area contributed by atoms with Gasteiger partial charge in [-0.25, -0.2) is 0 Å². The summed E-state index contributed by atoms with van der Waals surface area (Å²) in [5.41, 5.74) is 1.07. The standard InChI is InChI=1S/C14H22BrNO3/c1-9(2)19-14-12(15)5-11(6-13(14)18-4)8-16-7-10(3)17/h5-6,9-10,16-17H,7-8H2,1-4H3/t10-/m1/s1. The third-order valence-electron chi connectivity index (χ3n) is 2.41. The number of benzene rings is 1. The topological polar surface area (TPSA) is 50.7 Å². The van der Waals surface area contributed by atoms with Gasteiger partial charge in [0.1, 0.15) is 0 Å². The molecule has 0 aliphatic heterocycles. The second kappa shape index (κ2) is 7.72. The van der Waals surface area contributed by atoms with Crippen LogP contribution in [0.1, 0.15) is 26.3 Å². The molecule has 0 unspecified atom stereocenters. The van der Waals surface area contributed by atoms with Crippen molar-refractivity contribution in [2.45, 2.75) is 39.5 Å². The van der Waals surface area contributed by atoms with Gasteiger partial charge in [0.25, 0.3) is 0 Å². The first-order valence-corrected chi connectivity index (χ1v) is 7.15. The van der Waals surface area contributed by atoms with Crippen molar-refractivity contribution in [3.63, 3.8) is 0 Å². The van der Waals surface area contributed by atoms with Crippen molar-refractivity contribution in [3.05, 3.63) is 22.2 Å². The molecule has 0 amide bonds. The lowest BCUT2D eigenvalue weighted by molar-refractivity contribution is 0.191. The van der Waals surface area contributed by atoms with Gasteiger partial charge in [-0.3, -0.25) is 0 Å². The number of halogens is 1. The minimum absolute atomic E-state index is 0.0874. The number of methoxy groups -OCH3 is 1. The quantitative estimate of drug-likeness (QED) is 0.806. The van der Waals surface area contributed by atoms with Crippen LogP contribution in [0.15, 0.2) is 16.6 Å². The molecule has 5 heteroatoms. The van der Waals surface area contributed by atoms with Crippen LogP contribution in [-0.2, 0) is 6.54 Å². The number of nitrogens with one attached hydrogen (secondary N) is 1. The summed E-state index contributed by atoms with van der Waals surface area (Å²) in [6, 6.07) is 3.94. The van der Waals surface area contributed by atoms with Gasteiger partial charge < -0.3 is 19.9 Å². The Morgan fingerprint density at radius 1 is 1.32 bits per heavy atom. The molecule has 4 nitrogen and oxygen atoms in total. The Balaban J connectivity index is 2.83. The zero-order chi connectivity index (χ0) is 14.4. The largest absolute Gasteiger partial charge is 0.493 e. The molecule has 0 aromatic heterocycles. The Bertz CT molecular complexity index is 408. The van der Waals surface area contributed by atoms with Gasteiger partial charge in [-0.2, -0.15) is 0 Å². The summed E-state index contributed by atoms with van der Waals surface area (Å²) >= 11 is 3.51. The van der Waals surface area contributed by atoms with E-state index in [1.807, 2.05) is 26.0 Å². The first-order chi connectivity index (χ1) is 8.93. The number of aliphatic hydroxyl groups excluding tert-OH is 1. The van der Waals surface area contributed by atoms with Crippen LogP contribution in [0.3, 0.4) is 0 Å². The Morgan fingerprint density at radius 3 is 2.53 bits per heavy atom. The highest BCUT2D eigenvalue weighted by Gasteiger charge is 2.13. The molecule has 1 atom stereocenters. The van der Waals surface area contributed by atoms with Crippen molar-refractivity contribution < 1.29 is 14.6 Å². The van der Waals surface area contributed by atoms with Gasteiger partial charge in [0.15, 0.2) is 11.5 Å². The molecule has 0 fully saturated rings. The van der Waals surface area contributed by atoms with Gasteiger partial charge in [-0.1, -0.05) is 0 Å². The molecule has 1 aromatic carbocycles. The van der Waals surface area contributed by atoms with Crippen molar-refractivity contribution in [3.8, 4) is 11.5 Å². The highest BCUT2D eigenvalue weighted by Crippen LogP contribution is 2.37. The van der Waals surface area contributed by atoms with Crippen molar-refractivity contribution in [1.29, 1.82) is 0 Å². The van der Waals surface area contributed by atoms with Crippen LogP contribution >= 0.6 is 15.9 Å². The summed E-state index contributed by atoms with van der Waals surface area (Å²) < 4.78 is 12.0. The van der Waals surface area contributed by atoms with E-state index in [0.717, 1.165) is 15.8 Å². The van der Waals surface area contributed by atoms with Crippen molar-refractivity contribution in [1.82, 2.24) is 5.32 Å². The second-order valence-corrected chi connectivity index (χ2v) is 5.61. The summed E-state index contributed by atoms with van der Waals surface area (Å²) in [5, 5.41) is 12.4. The highest BCUT2D eigenvalue weighted by atomic mass is 79.9. The van der Waals surface area contributed by atoms with Gasteiger partial charge in [-0.05, 0) is 54.4 Å². The Hall–Kier alpha value is -0.780. The van der Waals surface area contributed by atoms with E-state index in [1.54, 1.807) is 14.0 Å². The lowest BCUT2D eigenvalue weighted by Gasteiger charge is -2.17. The second-order valence-electron chi connectivity index (χ2n) is 4.76. The Morgan fingerprint density at radius 2 is 2.00 bits per heavy atom. The molecule has 0 aliphatic carbocycles. The lowest BCUT2D eigenvalue weighted by Crippen LogP contribution is -2.23. The van der Waals surface area contributed by atoms with Gasteiger partial charge in [0.05, 0.1) is 23.8 Å². The van der Waals surface area contributed by atoms with Crippen LogP contribution in [0.4, 0.5) is 0 Å². The first kappa shape index (κ1) is 16.3. The number of rotatable bonds is 7. The van der Waals surface area contributed by atoms with Crippen LogP contribution in [0.25, 0.3) is 0 Å². The highest BCUT2D eigenvalue weighted by molar-refractivity contribution is 9.10. The van der Waals surface area contributed by atoms with E-state index >= 15 is 0 Å². The van der Waals surface area contributed by atoms with Crippen molar-refractivity contribution >= 4 is 15.9 Å². The van der Waals surface area contributed by atoms with Crippen molar-refractivity contribution in [2.75, 3.05) is 13.7 Å². The van der Waals surface area contributed by atoms with E-state index in [2.05, 4.69) is 21.2 Å². The third-order valence-corrected chi connectivity index (χ3v) is 3.00. The van der Waals surface area contributed by atoms with Crippen LogP contribution < -0.4 is 14.8 Å². The summed E-state index contributed by atoms with van der Waals surface area (Å²) in [5.74, 6) is 1.42. The zero-order valence-electron chi connectivity index (χ0n) is 11.9. The number of ether oxygens (including phenoxy) is 2. The molecule has 19 heavy (non-hydrogen) atoms. The van der Waals surface area contributed by atoms with E-state index < -0.39 is 0 Å². The average molecular weight is 332 g/mol. The van der Waals surface area contributed by atoms with Gasteiger partial charge in [0, 0.05) is 13.1 Å². The Kier molecular flexibility index (Phi) is 6.62. The minimum atomic E-state index is -0.353. The predicted molar refractivity (Wildman–Crippen MR) is 79.8 cm³/mol. The van der Waals surface area contributed by atoms with Crippen molar-refractivity contribution in [2.24, 2.45) is 0 Å². The summed E-state index contributed by atoms with van der Waals surface area (Å²) in [4.78, 5) is 0. The van der Waals surface area contributed by atoms with E-state index in [4.69, 9.17) is 9.47 Å². The molecule has 2 N–H and O–H groups in total. The van der Waals surface area contributed by atoms with E-state index in [-0.39, 0.29) is 12.2 Å². The van der Waals surface area contributed by atoms with E-state index in [0.29, 0.717) is 18.8 Å². The lowest BCUT2D eigenvalue weighted by atomic mass is 10.2. The maximum absolute atomic E-state index is 9.21. The van der Waals surface area contributed by atoms with Crippen LogP contribution in [0.5, 0.6) is 11.5 Å². The van der Waals surface area contributed by atoms with Gasteiger partial charge in [-0.15, -0.1) is 0 Å². The van der Waals surface area contributed by atoms with Crippen LogP contribution in [0, 0.1) is 0 Å². The molecule has 0 saturated heterocycles. The molecule has 1 aromatic rings. The predicted octanol–water partition coefficient (Wildman–Crippen LogP) is 2.72. The number of aliphatic hydroxyl groups is 1. The normalized spacial score (nSPS) is 12.6. The van der Waals surface area contributed by atoms with E-state index in [9.17, 15) is 5.11 Å². The first-order valence-electron chi connectivity index (χ1n) is 6.36. The maximum Gasteiger partial charge on any atom is 0.175 e. The van der Waals surface area contributed by atoms with E-state index in [1.165, 1.54) is 0 Å². The smallest absolute Gasteiger partial charge is 0.175 e. The number of hydrogen-bond donors (Lipinski definition) is 2. The fourth-order valence-electron chi connectivity index (χ4n) is 1.65. The number of hydrogen-bond acceptors (Lipinski definition) is 4. The molecule has 0 heterocycles. The van der Waals surface area contributed by atoms with Gasteiger partial charge in [0.2, 0.25) is 0 Å². The zero-order valence-corrected chi connectivity index (χ0v) is 13.5. The maximum atomic E-state index is 9.21. The molecule has 0 bridgehead atoms. The molecule has 0 aliphatic rings. The molecule has 0 spiro atoms. The molecule has 0 saturated carbocycles.